The monoisotopic (exact) mass is 457 g/mol. The number of carbonyl (C=O) groups is 1. The van der Waals surface area contributed by atoms with Crippen LogP contribution in [-0.2, 0) is 11.3 Å². The van der Waals surface area contributed by atoms with Gasteiger partial charge in [-0.2, -0.15) is 0 Å². The fraction of sp³-hybridized carbons (Fsp3) is 0.235. The van der Waals surface area contributed by atoms with Crippen LogP contribution in [0.2, 0.25) is 0 Å². The predicted molar refractivity (Wildman–Crippen MR) is 108 cm³/mol. The first kappa shape index (κ1) is 20.8. The van der Waals surface area contributed by atoms with Crippen LogP contribution in [0, 0.1) is 5.82 Å². The molecule has 0 aliphatic carbocycles. The van der Waals surface area contributed by atoms with Crippen LogP contribution >= 0.6 is 24.0 Å². The molecule has 1 amide bonds. The summed E-state index contributed by atoms with van der Waals surface area (Å²) in [5, 5.41) is 8.74. The number of pyridine rings is 1. The Bertz CT molecular complexity index is 679. The number of hydrogen-bond donors (Lipinski definition) is 3. The molecule has 25 heavy (non-hydrogen) atoms. The Balaban J connectivity index is 0.00000312. The van der Waals surface area contributed by atoms with Gasteiger partial charge in [-0.05, 0) is 36.8 Å². The molecule has 134 valence electrons. The minimum Gasteiger partial charge on any atom is -0.357 e. The number of nitrogens with one attached hydrogen (secondary N) is 3. The van der Waals surface area contributed by atoms with E-state index in [4.69, 9.17) is 0 Å². The molecule has 8 heteroatoms. The Morgan fingerprint density at radius 2 is 1.96 bits per heavy atom. The van der Waals surface area contributed by atoms with Crippen molar-refractivity contribution in [1.82, 2.24) is 15.6 Å². The van der Waals surface area contributed by atoms with Crippen LogP contribution in [0.3, 0.4) is 0 Å². The average molecular weight is 457 g/mol. The number of nitrogens with zero attached hydrogens (tertiary/aromatic N) is 2. The van der Waals surface area contributed by atoms with Crippen molar-refractivity contribution in [3.8, 4) is 0 Å². The minimum absolute atomic E-state index is 0. The summed E-state index contributed by atoms with van der Waals surface area (Å²) in [5.41, 5.74) is 1.52. The molecule has 0 saturated carbocycles. The van der Waals surface area contributed by atoms with E-state index in [0.717, 1.165) is 5.56 Å². The Labute approximate surface area is 163 Å². The molecule has 1 heterocycles. The maximum Gasteiger partial charge on any atom is 0.243 e. The fourth-order valence-corrected chi connectivity index (χ4v) is 1.91. The summed E-state index contributed by atoms with van der Waals surface area (Å²) in [4.78, 5) is 20.2. The largest absolute Gasteiger partial charge is 0.357 e. The maximum absolute atomic E-state index is 12.9. The number of benzene rings is 1. The van der Waals surface area contributed by atoms with Gasteiger partial charge in [-0.1, -0.05) is 12.1 Å². The zero-order chi connectivity index (χ0) is 17.2. The number of aliphatic imine (C=N–C) groups is 1. The second-order valence-corrected chi connectivity index (χ2v) is 4.97. The van der Waals surface area contributed by atoms with Gasteiger partial charge in [0.15, 0.2) is 5.96 Å². The van der Waals surface area contributed by atoms with Crippen molar-refractivity contribution in [2.45, 2.75) is 13.5 Å². The van der Waals surface area contributed by atoms with E-state index in [2.05, 4.69) is 25.9 Å². The zero-order valence-electron chi connectivity index (χ0n) is 13.8. The van der Waals surface area contributed by atoms with Crippen molar-refractivity contribution in [3.63, 3.8) is 0 Å². The normalized spacial score (nSPS) is 10.6. The summed E-state index contributed by atoms with van der Waals surface area (Å²) in [7, 11) is 0. The second-order valence-electron chi connectivity index (χ2n) is 4.97. The van der Waals surface area contributed by atoms with E-state index in [1.54, 1.807) is 36.7 Å². The van der Waals surface area contributed by atoms with Crippen LogP contribution in [0.1, 0.15) is 12.5 Å². The van der Waals surface area contributed by atoms with Crippen LogP contribution in [0.25, 0.3) is 0 Å². The van der Waals surface area contributed by atoms with E-state index in [1.807, 2.05) is 6.92 Å². The number of hydrogen-bond acceptors (Lipinski definition) is 3. The minimum atomic E-state index is -0.278. The van der Waals surface area contributed by atoms with Gasteiger partial charge in [0, 0.05) is 12.7 Å². The number of rotatable bonds is 6. The third-order valence-electron chi connectivity index (χ3n) is 3.04. The lowest BCUT2D eigenvalue weighted by atomic mass is 10.2. The van der Waals surface area contributed by atoms with Gasteiger partial charge in [0.1, 0.15) is 5.82 Å². The molecule has 0 atom stereocenters. The Hall–Kier alpha value is -2.23. The number of anilines is 1. The molecule has 0 aliphatic rings. The summed E-state index contributed by atoms with van der Waals surface area (Å²) >= 11 is 0. The lowest BCUT2D eigenvalue weighted by Crippen LogP contribution is -2.41. The van der Waals surface area contributed by atoms with E-state index in [-0.39, 0.29) is 42.2 Å². The van der Waals surface area contributed by atoms with Gasteiger partial charge in [0.25, 0.3) is 0 Å². The molecular formula is C17H21FIN5O. The first-order valence-electron chi connectivity index (χ1n) is 7.64. The van der Waals surface area contributed by atoms with E-state index < -0.39 is 0 Å². The van der Waals surface area contributed by atoms with Crippen molar-refractivity contribution in [2.75, 3.05) is 18.4 Å². The van der Waals surface area contributed by atoms with E-state index >= 15 is 0 Å². The molecule has 2 aromatic rings. The molecule has 0 radical (unpaired) electrons. The van der Waals surface area contributed by atoms with Gasteiger partial charge in [0.2, 0.25) is 5.91 Å². The smallest absolute Gasteiger partial charge is 0.243 e. The average Bonchev–Trinajstić information content (AvgIpc) is 2.59. The topological polar surface area (TPSA) is 78.4 Å². The van der Waals surface area contributed by atoms with Crippen molar-refractivity contribution < 1.29 is 9.18 Å². The number of halogens is 2. The number of guanidine groups is 1. The fourth-order valence-electron chi connectivity index (χ4n) is 1.91. The first-order chi connectivity index (χ1) is 11.7. The quantitative estimate of drug-likeness (QED) is 0.354. The third kappa shape index (κ3) is 7.92. The second kappa shape index (κ2) is 11.3. The van der Waals surface area contributed by atoms with E-state index in [0.29, 0.717) is 24.7 Å². The molecule has 0 saturated heterocycles. The molecule has 3 N–H and O–H groups in total. The summed E-state index contributed by atoms with van der Waals surface area (Å²) in [6.45, 7) is 3.06. The van der Waals surface area contributed by atoms with Gasteiger partial charge >= 0.3 is 0 Å². The van der Waals surface area contributed by atoms with Gasteiger partial charge in [-0.3, -0.25) is 9.78 Å². The Kier molecular flexibility index (Phi) is 9.45. The van der Waals surface area contributed by atoms with Gasteiger partial charge < -0.3 is 16.0 Å². The highest BCUT2D eigenvalue weighted by Crippen LogP contribution is 2.04. The van der Waals surface area contributed by atoms with E-state index in [1.165, 1.54) is 12.1 Å². The van der Waals surface area contributed by atoms with Crippen molar-refractivity contribution >= 4 is 41.5 Å². The molecule has 0 fully saturated rings. The molecule has 6 nitrogen and oxygen atoms in total. The van der Waals surface area contributed by atoms with Crippen LogP contribution in [-0.4, -0.2) is 29.9 Å². The van der Waals surface area contributed by atoms with Crippen LogP contribution < -0.4 is 16.0 Å². The molecule has 0 aliphatic heterocycles. The number of amides is 1. The van der Waals surface area contributed by atoms with Crippen LogP contribution in [0.4, 0.5) is 10.1 Å². The summed E-state index contributed by atoms with van der Waals surface area (Å²) in [6, 6.07) is 9.66. The lowest BCUT2D eigenvalue weighted by Gasteiger charge is -2.11. The predicted octanol–water partition coefficient (Wildman–Crippen LogP) is 2.53. The van der Waals surface area contributed by atoms with Gasteiger partial charge in [0.05, 0.1) is 25.0 Å². The van der Waals surface area contributed by atoms with Crippen molar-refractivity contribution in [2.24, 2.45) is 4.99 Å². The number of aromatic nitrogens is 1. The van der Waals surface area contributed by atoms with Crippen LogP contribution in [0.5, 0.6) is 0 Å². The first-order valence-corrected chi connectivity index (χ1v) is 7.64. The Morgan fingerprint density at radius 3 is 2.60 bits per heavy atom. The maximum atomic E-state index is 12.9. The molecule has 0 bridgehead atoms. The SMILES string of the molecule is CCNC(=NCc1ccc(F)cc1)NCC(=O)Nc1cccnc1.I. The molecule has 0 unspecified atom stereocenters. The number of carbonyl (C=O) groups excluding carboxylic acids is 1. The van der Waals surface area contributed by atoms with Gasteiger partial charge in [-0.25, -0.2) is 9.38 Å². The summed E-state index contributed by atoms with van der Waals surface area (Å²) in [6.07, 6.45) is 3.21. The van der Waals surface area contributed by atoms with Crippen molar-refractivity contribution in [1.29, 1.82) is 0 Å². The zero-order valence-corrected chi connectivity index (χ0v) is 16.2. The summed E-state index contributed by atoms with van der Waals surface area (Å²) < 4.78 is 12.9. The Morgan fingerprint density at radius 1 is 1.20 bits per heavy atom. The molecule has 1 aromatic carbocycles. The van der Waals surface area contributed by atoms with E-state index in [9.17, 15) is 9.18 Å². The highest BCUT2D eigenvalue weighted by Gasteiger charge is 2.04. The molecular weight excluding hydrogens is 436 g/mol. The molecule has 2 rings (SSSR count). The molecule has 1 aromatic heterocycles. The standard InChI is InChI=1S/C17H20FN5O.HI/c1-2-20-17(21-10-13-5-7-14(18)8-6-13)22-12-16(24)23-15-4-3-9-19-11-15;/h3-9,11H,2,10,12H2,1H3,(H,23,24)(H2,20,21,22);1H. The lowest BCUT2D eigenvalue weighted by molar-refractivity contribution is -0.115. The highest BCUT2D eigenvalue weighted by atomic mass is 127. The molecule has 0 spiro atoms. The summed E-state index contributed by atoms with van der Waals surface area (Å²) in [5.74, 6) is 0.0402. The van der Waals surface area contributed by atoms with Crippen molar-refractivity contribution in [3.05, 3.63) is 60.2 Å². The van der Waals surface area contributed by atoms with Gasteiger partial charge in [-0.15, -0.1) is 24.0 Å². The third-order valence-corrected chi connectivity index (χ3v) is 3.04. The van der Waals surface area contributed by atoms with Crippen LogP contribution in [0.15, 0.2) is 53.8 Å². The highest BCUT2D eigenvalue weighted by molar-refractivity contribution is 14.0.